The van der Waals surface area contributed by atoms with E-state index in [0.29, 0.717) is 30.2 Å². The maximum atomic E-state index is 14.4. The van der Waals surface area contributed by atoms with Gasteiger partial charge in [-0.1, -0.05) is 12.1 Å². The third-order valence-electron chi connectivity index (χ3n) is 5.27. The first kappa shape index (κ1) is 17.2. The second-order valence-corrected chi connectivity index (χ2v) is 7.44. The summed E-state index contributed by atoms with van der Waals surface area (Å²) in [6.07, 6.45) is 4.02. The summed E-state index contributed by atoms with van der Waals surface area (Å²) >= 11 is 1.17. The second-order valence-electron chi connectivity index (χ2n) is 6.91. The SMILES string of the molecule is Fc1ccc2c(c1CNc1ncc(-c3cccc4nsnc34)c3nncn13)CCO2. The van der Waals surface area contributed by atoms with E-state index in [4.69, 9.17) is 4.74 Å². The van der Waals surface area contributed by atoms with Crippen LogP contribution in [0.2, 0.25) is 0 Å². The molecule has 8 nitrogen and oxygen atoms in total. The Labute approximate surface area is 173 Å². The van der Waals surface area contributed by atoms with Crippen molar-refractivity contribution in [1.29, 1.82) is 0 Å². The van der Waals surface area contributed by atoms with Crippen LogP contribution < -0.4 is 10.1 Å². The van der Waals surface area contributed by atoms with E-state index in [2.05, 4.69) is 29.2 Å². The summed E-state index contributed by atoms with van der Waals surface area (Å²) in [5.41, 5.74) is 5.45. The minimum Gasteiger partial charge on any atom is -0.493 e. The Balaban J connectivity index is 1.39. The van der Waals surface area contributed by atoms with Crippen LogP contribution in [0.15, 0.2) is 42.9 Å². The van der Waals surface area contributed by atoms with Crippen molar-refractivity contribution < 1.29 is 9.13 Å². The lowest BCUT2D eigenvalue weighted by Gasteiger charge is -2.12. The van der Waals surface area contributed by atoms with Gasteiger partial charge in [0.25, 0.3) is 0 Å². The van der Waals surface area contributed by atoms with Crippen LogP contribution in [0.4, 0.5) is 10.3 Å². The van der Waals surface area contributed by atoms with Crippen LogP contribution in [0.1, 0.15) is 11.1 Å². The molecule has 0 bridgehead atoms. The largest absolute Gasteiger partial charge is 0.493 e. The first-order valence-electron chi connectivity index (χ1n) is 9.37. The predicted octanol–water partition coefficient (Wildman–Crippen LogP) is 3.48. The van der Waals surface area contributed by atoms with Gasteiger partial charge in [-0.2, -0.15) is 8.75 Å². The molecule has 2 aromatic carbocycles. The van der Waals surface area contributed by atoms with Gasteiger partial charge in [0.05, 0.1) is 18.3 Å². The Kier molecular flexibility index (Phi) is 3.85. The van der Waals surface area contributed by atoms with Crippen molar-refractivity contribution in [2.24, 2.45) is 0 Å². The average molecular weight is 419 g/mol. The van der Waals surface area contributed by atoms with Gasteiger partial charge in [0.2, 0.25) is 5.95 Å². The molecule has 4 heterocycles. The number of ether oxygens (including phenoxy) is 1. The number of anilines is 1. The first-order valence-corrected chi connectivity index (χ1v) is 10.1. The van der Waals surface area contributed by atoms with Crippen molar-refractivity contribution in [3.63, 3.8) is 0 Å². The molecule has 0 atom stereocenters. The van der Waals surface area contributed by atoms with Gasteiger partial charge in [-0.25, -0.2) is 9.37 Å². The Morgan fingerprint density at radius 3 is 3.10 bits per heavy atom. The number of hydrogen-bond donors (Lipinski definition) is 1. The molecular formula is C20H14FN7OS. The molecule has 0 radical (unpaired) electrons. The fourth-order valence-corrected chi connectivity index (χ4v) is 4.39. The van der Waals surface area contributed by atoms with Gasteiger partial charge in [-0.3, -0.25) is 4.40 Å². The minimum atomic E-state index is -0.258. The van der Waals surface area contributed by atoms with Crippen molar-refractivity contribution in [3.8, 4) is 16.9 Å². The number of benzene rings is 2. The van der Waals surface area contributed by atoms with Gasteiger partial charge in [0.1, 0.15) is 28.9 Å². The molecule has 1 aliphatic heterocycles. The van der Waals surface area contributed by atoms with Crippen molar-refractivity contribution >= 4 is 34.4 Å². The summed E-state index contributed by atoms with van der Waals surface area (Å²) in [4.78, 5) is 4.56. The molecule has 6 rings (SSSR count). The standard InChI is InChI=1S/C20H14FN7OS/c21-15-4-5-17-11(6-7-29-17)13(15)8-22-20-23-9-14(19-25-24-10-28(19)20)12-2-1-3-16-18(12)27-30-26-16/h1-5,9-10H,6-8H2,(H,22,23). The summed E-state index contributed by atoms with van der Waals surface area (Å²) in [7, 11) is 0. The second kappa shape index (κ2) is 6.70. The van der Waals surface area contributed by atoms with Gasteiger partial charge in [-0.05, 0) is 18.2 Å². The maximum absolute atomic E-state index is 14.4. The number of nitrogens with one attached hydrogen (secondary N) is 1. The summed E-state index contributed by atoms with van der Waals surface area (Å²) < 4.78 is 30.5. The average Bonchev–Trinajstić information content (AvgIpc) is 3.52. The van der Waals surface area contributed by atoms with Gasteiger partial charge >= 0.3 is 0 Å². The highest BCUT2D eigenvalue weighted by Crippen LogP contribution is 2.32. The molecule has 10 heteroatoms. The number of aromatic nitrogens is 6. The first-order chi connectivity index (χ1) is 14.8. The van der Waals surface area contributed by atoms with Crippen LogP contribution in [0.5, 0.6) is 5.75 Å². The zero-order valence-electron chi connectivity index (χ0n) is 15.5. The predicted molar refractivity (Wildman–Crippen MR) is 110 cm³/mol. The van der Waals surface area contributed by atoms with Crippen LogP contribution in [-0.2, 0) is 13.0 Å². The number of hydrogen-bond acceptors (Lipinski definition) is 8. The van der Waals surface area contributed by atoms with Gasteiger partial charge in [0.15, 0.2) is 5.65 Å². The Morgan fingerprint density at radius 2 is 2.13 bits per heavy atom. The zero-order chi connectivity index (χ0) is 20.1. The summed E-state index contributed by atoms with van der Waals surface area (Å²) in [5, 5.41) is 11.5. The Morgan fingerprint density at radius 1 is 1.17 bits per heavy atom. The molecule has 0 fully saturated rings. The monoisotopic (exact) mass is 419 g/mol. The topological polar surface area (TPSA) is 90.1 Å². The lowest BCUT2D eigenvalue weighted by atomic mass is 10.0. The summed E-state index contributed by atoms with van der Waals surface area (Å²) in [6.45, 7) is 0.856. The van der Waals surface area contributed by atoms with E-state index in [1.165, 1.54) is 17.8 Å². The van der Waals surface area contributed by atoms with E-state index < -0.39 is 0 Å². The maximum Gasteiger partial charge on any atom is 0.210 e. The molecule has 0 spiro atoms. The van der Waals surface area contributed by atoms with Crippen LogP contribution in [0, 0.1) is 5.82 Å². The van der Waals surface area contributed by atoms with Crippen molar-refractivity contribution in [3.05, 3.63) is 59.8 Å². The highest BCUT2D eigenvalue weighted by Gasteiger charge is 2.20. The third-order valence-corrected chi connectivity index (χ3v) is 5.82. The molecule has 0 aliphatic carbocycles. The van der Waals surface area contributed by atoms with Crippen LogP contribution >= 0.6 is 11.7 Å². The molecule has 5 aromatic rings. The van der Waals surface area contributed by atoms with Crippen molar-refractivity contribution in [2.45, 2.75) is 13.0 Å². The zero-order valence-corrected chi connectivity index (χ0v) is 16.4. The number of rotatable bonds is 4. The molecule has 1 aliphatic rings. The molecule has 0 saturated heterocycles. The smallest absolute Gasteiger partial charge is 0.210 e. The lowest BCUT2D eigenvalue weighted by molar-refractivity contribution is 0.356. The Bertz CT molecular complexity index is 1410. The number of fused-ring (bicyclic) bond motifs is 3. The van der Waals surface area contributed by atoms with Crippen molar-refractivity contribution in [2.75, 3.05) is 11.9 Å². The van der Waals surface area contributed by atoms with Crippen molar-refractivity contribution in [1.82, 2.24) is 28.3 Å². The fraction of sp³-hybridized carbons (Fsp3) is 0.150. The molecule has 0 amide bonds. The van der Waals surface area contributed by atoms with Crippen LogP contribution in [-0.4, -0.2) is 34.9 Å². The third kappa shape index (κ3) is 2.61. The normalized spacial score (nSPS) is 13.0. The van der Waals surface area contributed by atoms with E-state index in [1.54, 1.807) is 23.0 Å². The molecule has 3 aromatic heterocycles. The van der Waals surface area contributed by atoms with Gasteiger partial charge < -0.3 is 10.1 Å². The van der Waals surface area contributed by atoms with Crippen LogP contribution in [0.25, 0.3) is 27.8 Å². The Hall–Kier alpha value is -3.66. The van der Waals surface area contributed by atoms with E-state index in [9.17, 15) is 4.39 Å². The molecule has 148 valence electrons. The molecule has 0 unspecified atom stereocenters. The molecule has 0 saturated carbocycles. The van der Waals surface area contributed by atoms with Gasteiger partial charge in [0, 0.05) is 41.4 Å². The summed E-state index contributed by atoms with van der Waals surface area (Å²) in [5.74, 6) is 1.01. The van der Waals surface area contributed by atoms with E-state index in [0.717, 1.165) is 33.5 Å². The summed E-state index contributed by atoms with van der Waals surface area (Å²) in [6, 6.07) is 8.93. The number of halogens is 1. The van der Waals surface area contributed by atoms with E-state index in [-0.39, 0.29) is 12.4 Å². The fourth-order valence-electron chi connectivity index (χ4n) is 3.84. The van der Waals surface area contributed by atoms with E-state index in [1.807, 2.05) is 18.2 Å². The van der Waals surface area contributed by atoms with Crippen LogP contribution in [0.3, 0.4) is 0 Å². The lowest BCUT2D eigenvalue weighted by Crippen LogP contribution is -2.09. The van der Waals surface area contributed by atoms with Gasteiger partial charge in [-0.15, -0.1) is 10.2 Å². The minimum absolute atomic E-state index is 0.258. The van der Waals surface area contributed by atoms with E-state index >= 15 is 0 Å². The molecular weight excluding hydrogens is 405 g/mol. The quantitative estimate of drug-likeness (QED) is 0.477. The molecule has 1 N–H and O–H groups in total. The highest BCUT2D eigenvalue weighted by atomic mass is 32.1. The number of nitrogens with zero attached hydrogens (tertiary/aromatic N) is 6. The highest BCUT2D eigenvalue weighted by molar-refractivity contribution is 7.00. The molecule has 30 heavy (non-hydrogen) atoms.